The summed E-state index contributed by atoms with van der Waals surface area (Å²) in [5.74, 6) is 0. The summed E-state index contributed by atoms with van der Waals surface area (Å²) in [4.78, 5) is -1.12. The van der Waals surface area contributed by atoms with Crippen molar-refractivity contribution < 1.29 is 157 Å². The molecule has 0 aliphatic rings. The normalized spacial score (nSPS) is 12.1. The van der Waals surface area contributed by atoms with Crippen LogP contribution in [-0.2, 0) is 30.4 Å². The molecule has 0 bridgehead atoms. The van der Waals surface area contributed by atoms with Gasteiger partial charge in [0, 0.05) is 0 Å². The van der Waals surface area contributed by atoms with Crippen LogP contribution in [-0.4, -0.2) is 51.2 Å². The van der Waals surface area contributed by atoms with E-state index < -0.39 is 56.0 Å². The van der Waals surface area contributed by atoms with Gasteiger partial charge in [0.15, 0.2) is 0 Å². The quantitative estimate of drug-likeness (QED) is 0.0448. The Bertz CT molecular complexity index is 1820. The van der Waals surface area contributed by atoms with Crippen LogP contribution < -0.4 is 139 Å². The first-order chi connectivity index (χ1) is 19.7. The van der Waals surface area contributed by atoms with Crippen LogP contribution in [0, 0.1) is 6.07 Å². The van der Waals surface area contributed by atoms with E-state index in [0.717, 1.165) is 5.30 Å². The second kappa shape index (κ2) is 21.1. The van der Waals surface area contributed by atoms with Gasteiger partial charge in [0.1, 0.15) is 30.4 Å². The predicted octanol–water partition coefficient (Wildman–Crippen LogP) is -9.44. The zero-order valence-corrected chi connectivity index (χ0v) is 38.1. The SMILES string of the molecule is O=S(=O)([O-])c1cccc(P(CCCCP(c2cccc(S(=O)(=O)[O-])c2)c2cccc(S(=O)(=O)[O-])c2)c2c[c-]ccc2)c1.[Na+].[Na+].[Na+].[Na+]. The standard InChI is InChI=1S/C28H27O9P2S3.4Na/c29-40(30,31)26-14-6-11-23(19-26)38(22-9-2-1-3-10-22)17-4-5-18-39(24-12-7-15-27(20-24)41(32,33)34)25-13-8-16-28(21-25)42(35,36)37;;;;/h1-2,6-16,19-21H,4-5,17-18H2,(H,29,30,31)(H,32,33,34)(H,35,36,37);;;;/q-1;4*+1/p-3. The summed E-state index contributed by atoms with van der Waals surface area (Å²) in [7, 11) is -16.5. The Labute approximate surface area is 362 Å². The second-order valence-corrected chi connectivity index (χ2v) is 17.9. The average molecular weight is 755 g/mol. The fraction of sp³-hybridized carbons (Fsp3) is 0.143. The number of benzene rings is 4. The van der Waals surface area contributed by atoms with Crippen molar-refractivity contribution in [2.45, 2.75) is 27.5 Å². The van der Waals surface area contributed by atoms with E-state index in [2.05, 4.69) is 6.07 Å². The van der Waals surface area contributed by atoms with Crippen molar-refractivity contribution in [3.63, 3.8) is 0 Å². The molecular weight excluding hydrogens is 730 g/mol. The van der Waals surface area contributed by atoms with Gasteiger partial charge in [-0.05, 0) is 85.4 Å². The van der Waals surface area contributed by atoms with Gasteiger partial charge in [-0.1, -0.05) is 36.4 Å². The van der Waals surface area contributed by atoms with Crippen molar-refractivity contribution in [1.29, 1.82) is 0 Å². The van der Waals surface area contributed by atoms with Gasteiger partial charge in [0.25, 0.3) is 0 Å². The van der Waals surface area contributed by atoms with E-state index in [1.54, 1.807) is 24.3 Å². The molecule has 0 radical (unpaired) electrons. The van der Waals surface area contributed by atoms with E-state index in [4.69, 9.17) is 0 Å². The number of hydrogen-bond donors (Lipinski definition) is 0. The minimum absolute atomic E-state index is 0. The summed E-state index contributed by atoms with van der Waals surface area (Å²) in [6, 6.07) is 27.5. The Hall–Kier alpha value is 1.47. The average Bonchev–Trinajstić information content (AvgIpc) is 2.94. The van der Waals surface area contributed by atoms with Gasteiger partial charge in [-0.2, -0.15) is 30.3 Å². The third kappa shape index (κ3) is 13.9. The van der Waals surface area contributed by atoms with Crippen LogP contribution >= 0.6 is 15.8 Å². The molecule has 0 fully saturated rings. The van der Waals surface area contributed by atoms with Gasteiger partial charge in [-0.15, -0.1) is 13.2 Å². The molecule has 18 heteroatoms. The van der Waals surface area contributed by atoms with Crippen LogP contribution in [0.2, 0.25) is 0 Å². The molecule has 0 heterocycles. The molecule has 1 unspecified atom stereocenters. The summed E-state index contributed by atoms with van der Waals surface area (Å²) in [5, 5.41) is 2.73. The smallest absolute Gasteiger partial charge is 0.744 e. The molecule has 0 aliphatic heterocycles. The number of hydrogen-bond acceptors (Lipinski definition) is 9. The van der Waals surface area contributed by atoms with Gasteiger partial charge in [0.05, 0.1) is 14.7 Å². The zero-order chi connectivity index (χ0) is 30.5. The molecule has 0 N–H and O–H groups in total. The first kappa shape index (κ1) is 47.5. The van der Waals surface area contributed by atoms with E-state index in [-0.39, 0.29) is 123 Å². The molecule has 0 saturated heterocycles. The van der Waals surface area contributed by atoms with E-state index >= 15 is 0 Å². The fourth-order valence-corrected chi connectivity index (χ4v) is 11.0. The largest absolute Gasteiger partial charge is 1.00 e. The summed E-state index contributed by atoms with van der Waals surface area (Å²) < 4.78 is 105. The maximum Gasteiger partial charge on any atom is 1.00 e. The minimum Gasteiger partial charge on any atom is -0.744 e. The van der Waals surface area contributed by atoms with Gasteiger partial charge in [-0.3, -0.25) is 0 Å². The summed E-state index contributed by atoms with van der Waals surface area (Å²) in [6.07, 6.45) is 2.36. The summed E-state index contributed by atoms with van der Waals surface area (Å²) >= 11 is 0. The van der Waals surface area contributed by atoms with Crippen LogP contribution in [0.1, 0.15) is 12.8 Å². The van der Waals surface area contributed by atoms with Crippen LogP contribution in [0.15, 0.2) is 112 Å². The molecule has 0 aliphatic carbocycles. The molecule has 1 atom stereocenters. The Kier molecular flexibility index (Phi) is 21.8. The Morgan fingerprint density at radius 2 is 0.826 bits per heavy atom. The molecule has 46 heavy (non-hydrogen) atoms. The van der Waals surface area contributed by atoms with Crippen molar-refractivity contribution in [2.24, 2.45) is 0 Å². The van der Waals surface area contributed by atoms with E-state index in [1.807, 2.05) is 18.2 Å². The second-order valence-electron chi connectivity index (χ2n) is 9.13. The third-order valence-corrected chi connectivity index (χ3v) is 13.9. The number of rotatable bonds is 12. The van der Waals surface area contributed by atoms with E-state index in [1.165, 1.54) is 54.6 Å². The predicted molar refractivity (Wildman–Crippen MR) is 160 cm³/mol. The van der Waals surface area contributed by atoms with Crippen molar-refractivity contribution in [3.05, 3.63) is 103 Å². The van der Waals surface area contributed by atoms with Crippen LogP contribution in [0.25, 0.3) is 0 Å². The summed E-state index contributed by atoms with van der Waals surface area (Å²) in [5.41, 5.74) is 0. The topological polar surface area (TPSA) is 172 Å². The van der Waals surface area contributed by atoms with Gasteiger partial charge >= 0.3 is 118 Å². The molecule has 0 aromatic heterocycles. The Morgan fingerprint density at radius 1 is 0.500 bits per heavy atom. The maximum atomic E-state index is 11.7. The van der Waals surface area contributed by atoms with Crippen molar-refractivity contribution in [1.82, 2.24) is 0 Å². The maximum absolute atomic E-state index is 11.7. The molecule has 0 amide bonds. The third-order valence-electron chi connectivity index (χ3n) is 6.27. The monoisotopic (exact) mass is 754 g/mol. The number of unbranched alkanes of at least 4 members (excludes halogenated alkanes) is 1. The molecule has 4 aromatic carbocycles. The molecule has 4 aromatic rings. The molecule has 0 saturated carbocycles. The van der Waals surface area contributed by atoms with Crippen molar-refractivity contribution in [3.8, 4) is 0 Å². The summed E-state index contributed by atoms with van der Waals surface area (Å²) in [6.45, 7) is 0. The Morgan fingerprint density at radius 3 is 1.13 bits per heavy atom. The molecule has 0 spiro atoms. The first-order valence-corrected chi connectivity index (χ1v) is 19.7. The van der Waals surface area contributed by atoms with Crippen LogP contribution in [0.5, 0.6) is 0 Å². The first-order valence-electron chi connectivity index (χ1n) is 12.4. The molecule has 9 nitrogen and oxygen atoms in total. The molecule has 222 valence electrons. The van der Waals surface area contributed by atoms with Gasteiger partial charge in [-0.25, -0.2) is 25.3 Å². The fourth-order valence-electron chi connectivity index (χ4n) is 4.33. The zero-order valence-electron chi connectivity index (χ0n) is 25.9. The Balaban J connectivity index is 0.00000506. The van der Waals surface area contributed by atoms with E-state index in [9.17, 15) is 38.9 Å². The van der Waals surface area contributed by atoms with E-state index in [0.29, 0.717) is 41.1 Å². The van der Waals surface area contributed by atoms with Gasteiger partial charge < -0.3 is 13.7 Å². The van der Waals surface area contributed by atoms with Crippen LogP contribution in [0.3, 0.4) is 0 Å². The van der Waals surface area contributed by atoms with Crippen molar-refractivity contribution in [2.75, 3.05) is 12.3 Å². The van der Waals surface area contributed by atoms with Gasteiger partial charge in [0.2, 0.25) is 0 Å². The molecular formula is C28H24Na4O9P2S3. The van der Waals surface area contributed by atoms with Crippen molar-refractivity contribution >= 4 is 67.4 Å². The minimum atomic E-state index is -4.74. The molecule has 4 rings (SSSR count). The van der Waals surface area contributed by atoms with Crippen LogP contribution in [0.4, 0.5) is 0 Å².